The van der Waals surface area contributed by atoms with Crippen molar-refractivity contribution in [3.05, 3.63) is 71.8 Å². The Morgan fingerprint density at radius 2 is 1.67 bits per heavy atom. The first-order valence-electron chi connectivity index (χ1n) is 8.78. The van der Waals surface area contributed by atoms with Gasteiger partial charge in [-0.3, -0.25) is 4.79 Å². The Kier molecular flexibility index (Phi) is 6.02. The fraction of sp³-hybridized carbons (Fsp3) is 0.381. The van der Waals surface area contributed by atoms with Crippen LogP contribution in [-0.2, 0) is 22.5 Å². The van der Waals surface area contributed by atoms with Crippen LogP contribution in [0.25, 0.3) is 0 Å². The zero-order chi connectivity index (χ0) is 16.6. The first kappa shape index (κ1) is 16.7. The van der Waals surface area contributed by atoms with Crippen molar-refractivity contribution >= 4 is 5.91 Å². The molecule has 2 aromatic rings. The van der Waals surface area contributed by atoms with E-state index in [1.54, 1.807) is 0 Å². The molecule has 1 aliphatic rings. The van der Waals surface area contributed by atoms with Crippen LogP contribution in [0.3, 0.4) is 0 Å². The van der Waals surface area contributed by atoms with E-state index in [0.29, 0.717) is 19.5 Å². The summed E-state index contributed by atoms with van der Waals surface area (Å²) in [5.74, 6) is 0.207. The monoisotopic (exact) mass is 323 g/mol. The van der Waals surface area contributed by atoms with Gasteiger partial charge in [0, 0.05) is 26.1 Å². The lowest BCUT2D eigenvalue weighted by atomic mass is 10.1. The largest absolute Gasteiger partial charge is 0.376 e. The number of ether oxygens (including phenoxy) is 1. The van der Waals surface area contributed by atoms with Gasteiger partial charge in [0.05, 0.1) is 6.10 Å². The molecule has 0 unspecified atom stereocenters. The third kappa shape index (κ3) is 4.93. The fourth-order valence-electron chi connectivity index (χ4n) is 3.15. The smallest absolute Gasteiger partial charge is 0.223 e. The summed E-state index contributed by atoms with van der Waals surface area (Å²) in [6.45, 7) is 2.18. The van der Waals surface area contributed by atoms with E-state index in [9.17, 15) is 4.79 Å². The number of rotatable bonds is 7. The molecule has 1 amide bonds. The number of amides is 1. The van der Waals surface area contributed by atoms with E-state index in [-0.39, 0.29) is 12.0 Å². The molecule has 1 saturated heterocycles. The highest BCUT2D eigenvalue weighted by atomic mass is 16.5. The maximum Gasteiger partial charge on any atom is 0.223 e. The van der Waals surface area contributed by atoms with Gasteiger partial charge < -0.3 is 9.64 Å². The van der Waals surface area contributed by atoms with Crippen LogP contribution in [0.2, 0.25) is 0 Å². The van der Waals surface area contributed by atoms with E-state index in [1.807, 2.05) is 41.3 Å². The molecular weight excluding hydrogens is 298 g/mol. The summed E-state index contributed by atoms with van der Waals surface area (Å²) < 4.78 is 5.74. The predicted octanol–water partition coefficient (Wildman–Crippen LogP) is 3.83. The zero-order valence-corrected chi connectivity index (χ0v) is 14.1. The van der Waals surface area contributed by atoms with Gasteiger partial charge in [-0.2, -0.15) is 0 Å². The molecule has 2 aromatic carbocycles. The number of aryl methyl sites for hydroxylation is 1. The molecule has 3 rings (SSSR count). The van der Waals surface area contributed by atoms with Crippen LogP contribution in [0.1, 0.15) is 30.4 Å². The van der Waals surface area contributed by atoms with Crippen LogP contribution in [0, 0.1) is 0 Å². The number of nitrogens with zero attached hydrogens (tertiary/aromatic N) is 1. The molecule has 0 radical (unpaired) electrons. The number of carbonyl (C=O) groups excluding carboxylic acids is 1. The Balaban J connectivity index is 1.62. The highest BCUT2D eigenvalue weighted by molar-refractivity contribution is 5.76. The maximum absolute atomic E-state index is 12.8. The van der Waals surface area contributed by atoms with E-state index >= 15 is 0 Å². The van der Waals surface area contributed by atoms with E-state index < -0.39 is 0 Å². The molecule has 1 aliphatic heterocycles. The molecule has 1 atom stereocenters. The van der Waals surface area contributed by atoms with Crippen molar-refractivity contribution in [2.45, 2.75) is 38.3 Å². The lowest BCUT2D eigenvalue weighted by Crippen LogP contribution is -2.37. The standard InChI is InChI=1S/C21H25NO2/c23-21(14-13-18-8-3-1-4-9-18)22(17-20-12-7-15-24-20)16-19-10-5-2-6-11-19/h1-6,8-11,20H,7,12-17H2/t20-/m1/s1. The van der Waals surface area contributed by atoms with Gasteiger partial charge in [-0.05, 0) is 30.4 Å². The molecule has 0 N–H and O–H groups in total. The van der Waals surface area contributed by atoms with Crippen LogP contribution in [0.5, 0.6) is 0 Å². The fourth-order valence-corrected chi connectivity index (χ4v) is 3.15. The SMILES string of the molecule is O=C(CCc1ccccc1)N(Cc1ccccc1)C[C@H]1CCCO1. The van der Waals surface area contributed by atoms with Crippen molar-refractivity contribution in [3.8, 4) is 0 Å². The third-order valence-electron chi connectivity index (χ3n) is 4.49. The summed E-state index contributed by atoms with van der Waals surface area (Å²) in [5.41, 5.74) is 2.38. The molecule has 0 bridgehead atoms. The average Bonchev–Trinajstić information content (AvgIpc) is 3.14. The van der Waals surface area contributed by atoms with Gasteiger partial charge in [-0.25, -0.2) is 0 Å². The van der Waals surface area contributed by atoms with Crippen molar-refractivity contribution in [3.63, 3.8) is 0 Å². The molecule has 24 heavy (non-hydrogen) atoms. The molecule has 0 aromatic heterocycles. The van der Waals surface area contributed by atoms with Gasteiger partial charge in [0.2, 0.25) is 5.91 Å². The summed E-state index contributed by atoms with van der Waals surface area (Å²) in [7, 11) is 0. The molecule has 0 aliphatic carbocycles. The third-order valence-corrected chi connectivity index (χ3v) is 4.49. The van der Waals surface area contributed by atoms with Crippen molar-refractivity contribution in [1.29, 1.82) is 0 Å². The lowest BCUT2D eigenvalue weighted by Gasteiger charge is -2.26. The second-order valence-corrected chi connectivity index (χ2v) is 6.38. The van der Waals surface area contributed by atoms with Gasteiger partial charge in [0.15, 0.2) is 0 Å². The molecule has 1 heterocycles. The van der Waals surface area contributed by atoms with Crippen LogP contribution >= 0.6 is 0 Å². The Bertz CT molecular complexity index is 621. The number of hydrogen-bond acceptors (Lipinski definition) is 2. The Morgan fingerprint density at radius 3 is 2.29 bits per heavy atom. The average molecular weight is 323 g/mol. The Labute approximate surface area is 144 Å². The molecule has 0 saturated carbocycles. The van der Waals surface area contributed by atoms with Gasteiger partial charge in [0.1, 0.15) is 0 Å². The molecule has 0 spiro atoms. The van der Waals surface area contributed by atoms with E-state index in [0.717, 1.165) is 25.9 Å². The van der Waals surface area contributed by atoms with Gasteiger partial charge in [0.25, 0.3) is 0 Å². The first-order chi connectivity index (χ1) is 11.8. The van der Waals surface area contributed by atoms with Crippen LogP contribution in [0.4, 0.5) is 0 Å². The predicted molar refractivity (Wildman–Crippen MR) is 95.6 cm³/mol. The highest BCUT2D eigenvalue weighted by Gasteiger charge is 2.22. The summed E-state index contributed by atoms with van der Waals surface area (Å²) in [4.78, 5) is 14.7. The maximum atomic E-state index is 12.8. The lowest BCUT2D eigenvalue weighted by molar-refractivity contribution is -0.133. The molecule has 1 fully saturated rings. The van der Waals surface area contributed by atoms with Gasteiger partial charge in [-0.1, -0.05) is 60.7 Å². The molecule has 3 heteroatoms. The van der Waals surface area contributed by atoms with Gasteiger partial charge in [-0.15, -0.1) is 0 Å². The summed E-state index contributed by atoms with van der Waals surface area (Å²) in [6, 6.07) is 20.4. The van der Waals surface area contributed by atoms with Crippen molar-refractivity contribution in [2.75, 3.05) is 13.2 Å². The van der Waals surface area contributed by atoms with Crippen LogP contribution in [0.15, 0.2) is 60.7 Å². The molecule has 126 valence electrons. The molecular formula is C21H25NO2. The minimum Gasteiger partial charge on any atom is -0.376 e. The minimum atomic E-state index is 0.189. The second-order valence-electron chi connectivity index (χ2n) is 6.38. The minimum absolute atomic E-state index is 0.189. The number of benzene rings is 2. The van der Waals surface area contributed by atoms with Crippen molar-refractivity contribution in [1.82, 2.24) is 4.90 Å². The second kappa shape index (κ2) is 8.65. The quantitative estimate of drug-likeness (QED) is 0.775. The molecule has 3 nitrogen and oxygen atoms in total. The summed E-state index contributed by atoms with van der Waals surface area (Å²) >= 11 is 0. The van der Waals surface area contributed by atoms with Crippen LogP contribution < -0.4 is 0 Å². The Hall–Kier alpha value is -2.13. The number of hydrogen-bond donors (Lipinski definition) is 0. The highest BCUT2D eigenvalue weighted by Crippen LogP contribution is 2.16. The van der Waals surface area contributed by atoms with Crippen molar-refractivity contribution in [2.24, 2.45) is 0 Å². The topological polar surface area (TPSA) is 29.5 Å². The summed E-state index contributed by atoms with van der Waals surface area (Å²) in [6.07, 6.45) is 3.67. The normalized spacial score (nSPS) is 16.9. The van der Waals surface area contributed by atoms with E-state index in [4.69, 9.17) is 4.74 Å². The van der Waals surface area contributed by atoms with Gasteiger partial charge >= 0.3 is 0 Å². The Morgan fingerprint density at radius 1 is 1.00 bits per heavy atom. The van der Waals surface area contributed by atoms with E-state index in [1.165, 1.54) is 11.1 Å². The van der Waals surface area contributed by atoms with E-state index in [2.05, 4.69) is 24.3 Å². The van der Waals surface area contributed by atoms with Crippen molar-refractivity contribution < 1.29 is 9.53 Å². The van der Waals surface area contributed by atoms with Crippen LogP contribution in [-0.4, -0.2) is 30.1 Å². The zero-order valence-electron chi connectivity index (χ0n) is 14.1. The first-order valence-corrected chi connectivity index (χ1v) is 8.78. The summed E-state index contributed by atoms with van der Waals surface area (Å²) in [5, 5.41) is 0. The number of carbonyl (C=O) groups is 1.